The predicted molar refractivity (Wildman–Crippen MR) is 137 cm³/mol. The number of rotatable bonds is 7. The summed E-state index contributed by atoms with van der Waals surface area (Å²) < 4.78 is 28.0. The lowest BCUT2D eigenvalue weighted by molar-refractivity contribution is -0.120. The third-order valence-corrected chi connectivity index (χ3v) is 8.36. The second-order valence-electron chi connectivity index (χ2n) is 8.44. The van der Waals surface area contributed by atoms with E-state index in [4.69, 9.17) is 23.2 Å². The third kappa shape index (κ3) is 5.40. The molecular weight excluding hydrogens is 491 g/mol. The maximum atomic E-state index is 13.5. The lowest BCUT2D eigenvalue weighted by Crippen LogP contribution is -2.41. The Kier molecular flexibility index (Phi) is 7.51. The summed E-state index contributed by atoms with van der Waals surface area (Å²) in [6.07, 6.45) is 4.51. The molecule has 0 saturated carbocycles. The van der Waals surface area contributed by atoms with E-state index < -0.39 is 22.5 Å². The molecule has 8 heteroatoms. The van der Waals surface area contributed by atoms with Gasteiger partial charge in [0, 0.05) is 5.02 Å². The molecule has 1 atom stereocenters. The van der Waals surface area contributed by atoms with Crippen molar-refractivity contribution >= 4 is 44.8 Å². The van der Waals surface area contributed by atoms with E-state index in [9.17, 15) is 13.2 Å². The summed E-state index contributed by atoms with van der Waals surface area (Å²) in [5.74, 6) is -0.434. The molecule has 5 nitrogen and oxygen atoms in total. The van der Waals surface area contributed by atoms with E-state index in [1.165, 1.54) is 48.2 Å². The number of aryl methyl sites for hydroxylation is 2. The number of halogens is 2. The minimum absolute atomic E-state index is 0.0663. The lowest BCUT2D eigenvalue weighted by atomic mass is 9.89. The van der Waals surface area contributed by atoms with Crippen LogP contribution in [0.5, 0.6) is 0 Å². The zero-order chi connectivity index (χ0) is 24.3. The summed E-state index contributed by atoms with van der Waals surface area (Å²) >= 11 is 12.4. The smallest absolute Gasteiger partial charge is 0.264 e. The standard InChI is InChI=1S/C26H26Cl2N2O3S/c1-18(20-12-11-19-7-5-6-8-21(19)15-20)29-26(31)17-30(25-14-13-22(27)16-24(25)28)34(32,33)23-9-3-2-4-10-23/h2-4,9-16,18H,5-8,17H2,1H3,(H,29,31)/t18-/m0/s1. The van der Waals surface area contributed by atoms with Crippen LogP contribution >= 0.6 is 23.2 Å². The summed E-state index contributed by atoms with van der Waals surface area (Å²) in [7, 11) is -4.05. The van der Waals surface area contributed by atoms with Crippen LogP contribution in [0.15, 0.2) is 71.6 Å². The molecule has 0 bridgehead atoms. The largest absolute Gasteiger partial charge is 0.348 e. The van der Waals surface area contributed by atoms with E-state index in [0.29, 0.717) is 5.02 Å². The van der Waals surface area contributed by atoms with Gasteiger partial charge in [0.25, 0.3) is 10.0 Å². The molecule has 0 unspecified atom stereocenters. The zero-order valence-corrected chi connectivity index (χ0v) is 21.1. The number of anilines is 1. The first kappa shape index (κ1) is 24.6. The van der Waals surface area contributed by atoms with Crippen LogP contribution in [-0.2, 0) is 27.7 Å². The summed E-state index contributed by atoms with van der Waals surface area (Å²) in [6.45, 7) is 1.47. The van der Waals surface area contributed by atoms with E-state index >= 15 is 0 Å². The Morgan fingerprint density at radius 3 is 2.38 bits per heavy atom. The molecule has 1 aliphatic carbocycles. The fourth-order valence-electron chi connectivity index (χ4n) is 4.23. The van der Waals surface area contributed by atoms with Gasteiger partial charge in [0.15, 0.2) is 0 Å². The summed E-state index contributed by atoms with van der Waals surface area (Å²) in [5.41, 5.74) is 3.87. The molecule has 4 rings (SSSR count). The van der Waals surface area contributed by atoms with Crippen molar-refractivity contribution < 1.29 is 13.2 Å². The van der Waals surface area contributed by atoms with Gasteiger partial charge in [0.1, 0.15) is 6.54 Å². The molecule has 0 radical (unpaired) electrons. The van der Waals surface area contributed by atoms with Gasteiger partial charge >= 0.3 is 0 Å². The molecule has 1 amide bonds. The van der Waals surface area contributed by atoms with Crippen LogP contribution in [0.3, 0.4) is 0 Å². The van der Waals surface area contributed by atoms with Gasteiger partial charge < -0.3 is 5.32 Å². The average molecular weight is 517 g/mol. The van der Waals surface area contributed by atoms with Gasteiger partial charge in [-0.25, -0.2) is 8.42 Å². The van der Waals surface area contributed by atoms with Gasteiger partial charge in [-0.15, -0.1) is 0 Å². The first-order chi connectivity index (χ1) is 16.3. The number of hydrogen-bond donors (Lipinski definition) is 1. The molecule has 34 heavy (non-hydrogen) atoms. The number of sulfonamides is 1. The number of hydrogen-bond acceptors (Lipinski definition) is 3. The first-order valence-electron chi connectivity index (χ1n) is 11.2. The van der Waals surface area contributed by atoms with Gasteiger partial charge in [-0.05, 0) is 79.6 Å². The lowest BCUT2D eigenvalue weighted by Gasteiger charge is -2.26. The number of carbonyl (C=O) groups is 1. The van der Waals surface area contributed by atoms with Crippen LogP contribution in [0.25, 0.3) is 0 Å². The van der Waals surface area contributed by atoms with Crippen LogP contribution in [0.4, 0.5) is 5.69 Å². The maximum absolute atomic E-state index is 13.5. The van der Waals surface area contributed by atoms with E-state index in [1.54, 1.807) is 24.3 Å². The molecule has 0 fully saturated rings. The molecule has 0 spiro atoms. The first-order valence-corrected chi connectivity index (χ1v) is 13.4. The van der Waals surface area contributed by atoms with Gasteiger partial charge in [-0.1, -0.05) is 59.6 Å². The van der Waals surface area contributed by atoms with Gasteiger partial charge in [-0.3, -0.25) is 9.10 Å². The summed E-state index contributed by atoms with van der Waals surface area (Å²) in [4.78, 5) is 13.1. The Hall–Kier alpha value is -2.54. The highest BCUT2D eigenvalue weighted by Crippen LogP contribution is 2.33. The van der Waals surface area contributed by atoms with E-state index in [2.05, 4.69) is 17.4 Å². The number of amides is 1. The van der Waals surface area contributed by atoms with Crippen molar-refractivity contribution in [3.8, 4) is 0 Å². The van der Waals surface area contributed by atoms with Crippen molar-refractivity contribution in [2.45, 2.75) is 43.5 Å². The SMILES string of the molecule is C[C@H](NC(=O)CN(c1ccc(Cl)cc1Cl)S(=O)(=O)c1ccccc1)c1ccc2c(c1)CCCC2. The number of carbonyl (C=O) groups excluding carboxylic acids is 1. The van der Waals surface area contributed by atoms with E-state index in [-0.39, 0.29) is 21.6 Å². The normalized spacial score (nSPS) is 14.2. The van der Waals surface area contributed by atoms with Gasteiger partial charge in [-0.2, -0.15) is 0 Å². The van der Waals surface area contributed by atoms with Crippen molar-refractivity contribution in [2.24, 2.45) is 0 Å². The second kappa shape index (κ2) is 10.4. The Morgan fingerprint density at radius 2 is 1.68 bits per heavy atom. The summed E-state index contributed by atoms with van der Waals surface area (Å²) in [6, 6.07) is 18.5. The molecule has 1 N–H and O–H groups in total. The summed E-state index contributed by atoms with van der Waals surface area (Å²) in [5, 5.41) is 3.46. The highest BCUT2D eigenvalue weighted by molar-refractivity contribution is 7.92. The number of benzene rings is 3. The van der Waals surface area contributed by atoms with E-state index in [0.717, 1.165) is 22.7 Å². The second-order valence-corrected chi connectivity index (χ2v) is 11.2. The highest BCUT2D eigenvalue weighted by atomic mass is 35.5. The highest BCUT2D eigenvalue weighted by Gasteiger charge is 2.29. The minimum Gasteiger partial charge on any atom is -0.348 e. The molecule has 3 aromatic carbocycles. The van der Waals surface area contributed by atoms with Crippen LogP contribution in [0.2, 0.25) is 10.0 Å². The van der Waals surface area contributed by atoms with Crippen molar-refractivity contribution in [3.05, 3.63) is 93.5 Å². The monoisotopic (exact) mass is 516 g/mol. The van der Waals surface area contributed by atoms with E-state index in [1.807, 2.05) is 13.0 Å². The third-order valence-electron chi connectivity index (χ3n) is 6.05. The molecule has 0 saturated heterocycles. The fraction of sp³-hybridized carbons (Fsp3) is 0.269. The average Bonchev–Trinajstić information content (AvgIpc) is 2.83. The molecule has 3 aromatic rings. The number of nitrogens with zero attached hydrogens (tertiary/aromatic N) is 1. The molecule has 0 aromatic heterocycles. The maximum Gasteiger partial charge on any atom is 0.264 e. The van der Waals surface area contributed by atoms with Gasteiger partial charge in [0.2, 0.25) is 5.91 Å². The Bertz CT molecular complexity index is 1300. The molecule has 1 aliphatic rings. The fourth-order valence-corrected chi connectivity index (χ4v) is 6.25. The number of fused-ring (bicyclic) bond motifs is 1. The van der Waals surface area contributed by atoms with Crippen LogP contribution in [0.1, 0.15) is 42.5 Å². The number of nitrogens with one attached hydrogen (secondary N) is 1. The topological polar surface area (TPSA) is 66.5 Å². The molecule has 0 heterocycles. The van der Waals surface area contributed by atoms with Crippen LogP contribution in [-0.4, -0.2) is 20.9 Å². The zero-order valence-electron chi connectivity index (χ0n) is 18.8. The minimum atomic E-state index is -4.05. The van der Waals surface area contributed by atoms with Crippen LogP contribution < -0.4 is 9.62 Å². The van der Waals surface area contributed by atoms with Crippen LogP contribution in [0, 0.1) is 0 Å². The van der Waals surface area contributed by atoms with Gasteiger partial charge in [0.05, 0.1) is 21.6 Å². The van der Waals surface area contributed by atoms with Crippen molar-refractivity contribution in [2.75, 3.05) is 10.8 Å². The quantitative estimate of drug-likeness (QED) is 0.422. The Morgan fingerprint density at radius 1 is 0.971 bits per heavy atom. The Labute approximate surface area is 210 Å². The molecule has 178 valence electrons. The predicted octanol–water partition coefficient (Wildman–Crippen LogP) is 5.94. The molecule has 0 aliphatic heterocycles. The van der Waals surface area contributed by atoms with Crippen molar-refractivity contribution in [1.82, 2.24) is 5.32 Å². The van der Waals surface area contributed by atoms with Crippen molar-refractivity contribution in [1.29, 1.82) is 0 Å². The molecular formula is C26H26Cl2N2O3S. The van der Waals surface area contributed by atoms with Crippen molar-refractivity contribution in [3.63, 3.8) is 0 Å². The Balaban J connectivity index is 1.59.